The van der Waals surface area contributed by atoms with Crippen molar-refractivity contribution in [3.63, 3.8) is 0 Å². The van der Waals surface area contributed by atoms with Crippen molar-refractivity contribution in [1.82, 2.24) is 15.5 Å². The lowest BCUT2D eigenvalue weighted by molar-refractivity contribution is 0.162. The van der Waals surface area contributed by atoms with E-state index in [2.05, 4.69) is 27.6 Å². The number of rotatable bonds is 9. The van der Waals surface area contributed by atoms with Gasteiger partial charge in [-0.05, 0) is 31.2 Å². The third-order valence-corrected chi connectivity index (χ3v) is 3.56. The molecule has 23 heavy (non-hydrogen) atoms. The molecule has 1 aromatic rings. The SMILES string of the molecule is CN=C(NCCc1ccc(Cl)cc1)NCCN(C)CCOC.I. The first-order chi connectivity index (χ1) is 10.7. The summed E-state index contributed by atoms with van der Waals surface area (Å²) in [5, 5.41) is 7.39. The van der Waals surface area contributed by atoms with Crippen molar-refractivity contribution in [3.05, 3.63) is 34.9 Å². The Hall–Kier alpha value is -0.570. The van der Waals surface area contributed by atoms with Crippen LogP contribution >= 0.6 is 35.6 Å². The smallest absolute Gasteiger partial charge is 0.191 e. The normalized spacial score (nSPS) is 11.3. The van der Waals surface area contributed by atoms with Crippen LogP contribution in [0.3, 0.4) is 0 Å². The molecule has 1 aromatic carbocycles. The number of hydrogen-bond acceptors (Lipinski definition) is 3. The number of nitrogens with one attached hydrogen (secondary N) is 2. The zero-order valence-electron chi connectivity index (χ0n) is 14.1. The number of likely N-dealkylation sites (N-methyl/N-ethyl adjacent to an activating group) is 1. The highest BCUT2D eigenvalue weighted by Gasteiger charge is 2.00. The van der Waals surface area contributed by atoms with Crippen molar-refractivity contribution in [2.24, 2.45) is 4.99 Å². The van der Waals surface area contributed by atoms with Gasteiger partial charge in [0.05, 0.1) is 6.61 Å². The quantitative estimate of drug-likeness (QED) is 0.341. The highest BCUT2D eigenvalue weighted by molar-refractivity contribution is 14.0. The van der Waals surface area contributed by atoms with Gasteiger partial charge in [0.1, 0.15) is 0 Å². The number of hydrogen-bond donors (Lipinski definition) is 2. The molecule has 1 rings (SSSR count). The van der Waals surface area contributed by atoms with Gasteiger partial charge in [-0.1, -0.05) is 23.7 Å². The summed E-state index contributed by atoms with van der Waals surface area (Å²) < 4.78 is 5.06. The van der Waals surface area contributed by atoms with Crippen LogP contribution in [0, 0.1) is 0 Å². The maximum absolute atomic E-state index is 5.88. The molecule has 0 amide bonds. The van der Waals surface area contributed by atoms with Gasteiger partial charge in [0, 0.05) is 45.4 Å². The Morgan fingerprint density at radius 2 is 1.83 bits per heavy atom. The van der Waals surface area contributed by atoms with Crippen LogP contribution in [0.4, 0.5) is 0 Å². The molecule has 0 heterocycles. The molecule has 2 N–H and O–H groups in total. The molecule has 0 atom stereocenters. The van der Waals surface area contributed by atoms with E-state index in [0.29, 0.717) is 0 Å². The van der Waals surface area contributed by atoms with Crippen LogP contribution in [0.2, 0.25) is 5.02 Å². The van der Waals surface area contributed by atoms with E-state index in [1.54, 1.807) is 14.2 Å². The van der Waals surface area contributed by atoms with E-state index in [0.717, 1.165) is 50.2 Å². The Bertz CT molecular complexity index is 442. The first kappa shape index (κ1) is 22.4. The van der Waals surface area contributed by atoms with E-state index in [1.807, 2.05) is 24.3 Å². The molecule has 0 aliphatic heterocycles. The lowest BCUT2D eigenvalue weighted by Gasteiger charge is -2.17. The van der Waals surface area contributed by atoms with Gasteiger partial charge in [0.25, 0.3) is 0 Å². The zero-order valence-corrected chi connectivity index (χ0v) is 17.2. The van der Waals surface area contributed by atoms with Crippen LogP contribution in [0.5, 0.6) is 0 Å². The van der Waals surface area contributed by atoms with Crippen molar-refractivity contribution < 1.29 is 4.74 Å². The molecule has 0 bridgehead atoms. The number of guanidine groups is 1. The van der Waals surface area contributed by atoms with Gasteiger partial charge < -0.3 is 20.3 Å². The van der Waals surface area contributed by atoms with Crippen LogP contribution in [0.25, 0.3) is 0 Å². The average Bonchev–Trinajstić information content (AvgIpc) is 2.53. The fraction of sp³-hybridized carbons (Fsp3) is 0.562. The summed E-state index contributed by atoms with van der Waals surface area (Å²) in [5.74, 6) is 0.828. The Kier molecular flexibility index (Phi) is 13.5. The molecular formula is C16H28ClIN4O. The van der Waals surface area contributed by atoms with Crippen molar-refractivity contribution in [3.8, 4) is 0 Å². The van der Waals surface area contributed by atoms with Crippen molar-refractivity contribution in [1.29, 1.82) is 0 Å². The van der Waals surface area contributed by atoms with Crippen molar-refractivity contribution >= 4 is 41.5 Å². The molecular weight excluding hydrogens is 427 g/mol. The number of aliphatic imine (C=N–C) groups is 1. The molecule has 132 valence electrons. The van der Waals surface area contributed by atoms with Gasteiger partial charge >= 0.3 is 0 Å². The van der Waals surface area contributed by atoms with Gasteiger partial charge in [-0.3, -0.25) is 4.99 Å². The number of methoxy groups -OCH3 is 1. The topological polar surface area (TPSA) is 48.9 Å². The molecule has 0 unspecified atom stereocenters. The second-order valence-corrected chi connectivity index (χ2v) is 5.53. The van der Waals surface area contributed by atoms with E-state index >= 15 is 0 Å². The molecule has 0 saturated heterocycles. The van der Waals surface area contributed by atoms with Crippen LogP contribution in [0.15, 0.2) is 29.3 Å². The summed E-state index contributed by atoms with van der Waals surface area (Å²) >= 11 is 5.88. The Morgan fingerprint density at radius 3 is 2.43 bits per heavy atom. The molecule has 0 saturated carbocycles. The molecule has 0 radical (unpaired) electrons. The standard InChI is InChI=1S/C16H27ClN4O.HI/c1-18-16(20-10-11-21(2)12-13-22-3)19-9-8-14-4-6-15(17)7-5-14;/h4-7H,8-13H2,1-3H3,(H2,18,19,20);1H. The minimum absolute atomic E-state index is 0. The van der Waals surface area contributed by atoms with Crippen LogP contribution in [0.1, 0.15) is 5.56 Å². The predicted molar refractivity (Wildman–Crippen MR) is 109 cm³/mol. The maximum atomic E-state index is 5.88. The van der Waals surface area contributed by atoms with Gasteiger partial charge in [-0.2, -0.15) is 0 Å². The summed E-state index contributed by atoms with van der Waals surface area (Å²) in [6.45, 7) is 4.31. The van der Waals surface area contributed by atoms with Crippen molar-refractivity contribution in [2.75, 3.05) is 54.0 Å². The first-order valence-corrected chi connectivity index (χ1v) is 7.90. The summed E-state index contributed by atoms with van der Waals surface area (Å²) in [6.07, 6.45) is 0.936. The van der Waals surface area contributed by atoms with E-state index in [1.165, 1.54) is 5.56 Å². The number of ether oxygens (including phenoxy) is 1. The lowest BCUT2D eigenvalue weighted by Crippen LogP contribution is -2.42. The zero-order chi connectivity index (χ0) is 16.2. The Labute approximate surface area is 161 Å². The van der Waals surface area contributed by atoms with E-state index in [-0.39, 0.29) is 24.0 Å². The molecule has 0 spiro atoms. The average molecular weight is 455 g/mol. The fourth-order valence-electron chi connectivity index (χ4n) is 1.92. The Balaban J connectivity index is 0.00000484. The Morgan fingerprint density at radius 1 is 1.17 bits per heavy atom. The summed E-state index contributed by atoms with van der Waals surface area (Å²) in [7, 11) is 5.59. The third-order valence-electron chi connectivity index (χ3n) is 3.31. The second kappa shape index (κ2) is 13.8. The molecule has 0 fully saturated rings. The molecule has 0 aliphatic carbocycles. The summed E-state index contributed by atoms with van der Waals surface area (Å²) in [4.78, 5) is 6.44. The van der Waals surface area contributed by atoms with Crippen molar-refractivity contribution in [2.45, 2.75) is 6.42 Å². The number of nitrogens with zero attached hydrogens (tertiary/aromatic N) is 2. The van der Waals surface area contributed by atoms with E-state index < -0.39 is 0 Å². The molecule has 7 heteroatoms. The van der Waals surface area contributed by atoms with Gasteiger partial charge in [0.15, 0.2) is 5.96 Å². The molecule has 5 nitrogen and oxygen atoms in total. The predicted octanol–water partition coefficient (Wildman–Crippen LogP) is 2.24. The molecule has 0 aromatic heterocycles. The van der Waals surface area contributed by atoms with Gasteiger partial charge in [-0.15, -0.1) is 24.0 Å². The highest BCUT2D eigenvalue weighted by atomic mass is 127. The fourth-order valence-corrected chi connectivity index (χ4v) is 2.05. The summed E-state index contributed by atoms with van der Waals surface area (Å²) in [5.41, 5.74) is 1.26. The van der Waals surface area contributed by atoms with Gasteiger partial charge in [0.2, 0.25) is 0 Å². The minimum atomic E-state index is 0. The number of benzene rings is 1. The van der Waals surface area contributed by atoms with Crippen LogP contribution < -0.4 is 10.6 Å². The monoisotopic (exact) mass is 454 g/mol. The second-order valence-electron chi connectivity index (χ2n) is 5.10. The highest BCUT2D eigenvalue weighted by Crippen LogP contribution is 2.09. The largest absolute Gasteiger partial charge is 0.383 e. The van der Waals surface area contributed by atoms with Crippen LogP contribution in [-0.4, -0.2) is 64.9 Å². The van der Waals surface area contributed by atoms with E-state index in [4.69, 9.17) is 16.3 Å². The summed E-state index contributed by atoms with van der Waals surface area (Å²) in [6, 6.07) is 7.93. The third kappa shape index (κ3) is 10.8. The maximum Gasteiger partial charge on any atom is 0.191 e. The lowest BCUT2D eigenvalue weighted by atomic mass is 10.1. The van der Waals surface area contributed by atoms with Crippen LogP contribution in [-0.2, 0) is 11.2 Å². The number of halogens is 2. The molecule has 0 aliphatic rings. The van der Waals surface area contributed by atoms with E-state index in [9.17, 15) is 0 Å². The first-order valence-electron chi connectivity index (χ1n) is 7.52. The van der Waals surface area contributed by atoms with Gasteiger partial charge in [-0.25, -0.2) is 0 Å². The minimum Gasteiger partial charge on any atom is -0.383 e.